The predicted molar refractivity (Wildman–Crippen MR) is 146 cm³/mol. The molecule has 38 heavy (non-hydrogen) atoms. The Balaban J connectivity index is 1.50. The van der Waals surface area contributed by atoms with Crippen molar-refractivity contribution in [2.24, 2.45) is 0 Å². The summed E-state index contributed by atoms with van der Waals surface area (Å²) in [6.07, 6.45) is 1.86. The maximum Gasteiger partial charge on any atom is 0.341 e. The van der Waals surface area contributed by atoms with Crippen molar-refractivity contribution < 1.29 is 19.0 Å². The Bertz CT molecular complexity index is 1720. The molecule has 0 bridgehead atoms. The number of rotatable bonds is 7. The number of pyridine rings is 1. The Kier molecular flexibility index (Phi) is 7.27. The Morgan fingerprint density at radius 1 is 0.947 bits per heavy atom. The van der Waals surface area contributed by atoms with Crippen molar-refractivity contribution in [3.05, 3.63) is 122 Å². The van der Waals surface area contributed by atoms with Gasteiger partial charge in [-0.3, -0.25) is 0 Å². The van der Waals surface area contributed by atoms with Gasteiger partial charge in [0.2, 0.25) is 0 Å². The molecule has 0 atom stereocenters. The molecule has 2 aromatic heterocycles. The molecule has 0 amide bonds. The van der Waals surface area contributed by atoms with Crippen molar-refractivity contribution in [3.63, 3.8) is 0 Å². The van der Waals surface area contributed by atoms with Crippen LogP contribution in [0.1, 0.15) is 16.7 Å². The maximum atomic E-state index is 13.6. The SMILES string of the molecule is COc1cc(Cn2c(=O)c(C)c(-c3ccccc3[O-])[n+]3ccccc23)ccc1OCc1ccc(Cl)cc1Cl. The summed E-state index contributed by atoms with van der Waals surface area (Å²) in [5, 5.41) is 13.7. The lowest BCUT2D eigenvalue weighted by Gasteiger charge is -2.16. The largest absolute Gasteiger partial charge is 0.872 e. The minimum absolute atomic E-state index is 0.134. The fourth-order valence-corrected chi connectivity index (χ4v) is 4.95. The Hall–Kier alpha value is -4.00. The fraction of sp³-hybridized carbons (Fsp3) is 0.133. The molecule has 0 N–H and O–H groups in total. The zero-order valence-electron chi connectivity index (χ0n) is 20.8. The van der Waals surface area contributed by atoms with Crippen molar-refractivity contribution in [1.82, 2.24) is 4.57 Å². The van der Waals surface area contributed by atoms with Gasteiger partial charge in [0.15, 0.2) is 11.5 Å². The second-order valence-corrected chi connectivity index (χ2v) is 9.64. The zero-order chi connectivity index (χ0) is 26.8. The van der Waals surface area contributed by atoms with Gasteiger partial charge in [0.25, 0.3) is 5.65 Å². The van der Waals surface area contributed by atoms with E-state index in [-0.39, 0.29) is 17.9 Å². The highest BCUT2D eigenvalue weighted by atomic mass is 35.5. The molecule has 5 rings (SSSR count). The third kappa shape index (κ3) is 4.93. The molecule has 2 heterocycles. The van der Waals surface area contributed by atoms with Crippen LogP contribution in [0.3, 0.4) is 0 Å². The van der Waals surface area contributed by atoms with E-state index in [1.165, 1.54) is 6.07 Å². The molecule has 0 aliphatic heterocycles. The third-order valence-electron chi connectivity index (χ3n) is 6.39. The summed E-state index contributed by atoms with van der Waals surface area (Å²) >= 11 is 12.3. The van der Waals surface area contributed by atoms with E-state index < -0.39 is 0 Å². The van der Waals surface area contributed by atoms with E-state index in [4.69, 9.17) is 32.7 Å². The number of aromatic nitrogens is 2. The van der Waals surface area contributed by atoms with Crippen LogP contribution < -0.4 is 24.5 Å². The number of fused-ring (bicyclic) bond motifs is 1. The molecule has 0 radical (unpaired) electrons. The Labute approximate surface area is 229 Å². The van der Waals surface area contributed by atoms with E-state index in [1.54, 1.807) is 48.9 Å². The van der Waals surface area contributed by atoms with Crippen LogP contribution in [0.5, 0.6) is 17.2 Å². The molecule has 0 spiro atoms. The standard InChI is InChI=1S/C30H24Cl2N2O4/c1-19-29(23-7-3-4-8-25(23)35)33-14-6-5-9-28(33)34(30(19)36)17-20-10-13-26(27(15-20)37-2)38-18-21-11-12-22(31)16-24(21)32/h3-16H,17-18H2,1-2H3. The lowest BCUT2D eigenvalue weighted by molar-refractivity contribution is -0.504. The topological polar surface area (TPSA) is 67.6 Å². The lowest BCUT2D eigenvalue weighted by atomic mass is 10.1. The van der Waals surface area contributed by atoms with Crippen molar-refractivity contribution in [2.75, 3.05) is 7.11 Å². The second kappa shape index (κ2) is 10.8. The highest BCUT2D eigenvalue weighted by Gasteiger charge is 2.23. The quantitative estimate of drug-likeness (QED) is 0.250. The van der Waals surface area contributed by atoms with Gasteiger partial charge in [-0.25, -0.2) is 4.79 Å². The normalized spacial score (nSPS) is 11.1. The minimum Gasteiger partial charge on any atom is -0.872 e. The van der Waals surface area contributed by atoms with Gasteiger partial charge in [0.05, 0.1) is 18.9 Å². The van der Waals surface area contributed by atoms with Crippen LogP contribution in [0.15, 0.2) is 89.9 Å². The number of hydrogen-bond donors (Lipinski definition) is 0. The predicted octanol–water partition coefficient (Wildman–Crippen LogP) is 5.58. The van der Waals surface area contributed by atoms with Crippen LogP contribution in [0.2, 0.25) is 10.0 Å². The van der Waals surface area contributed by atoms with E-state index in [0.717, 1.165) is 11.1 Å². The molecule has 3 aromatic carbocycles. The molecular weight excluding hydrogens is 523 g/mol. The van der Waals surface area contributed by atoms with Gasteiger partial charge < -0.3 is 14.6 Å². The van der Waals surface area contributed by atoms with Crippen LogP contribution in [-0.4, -0.2) is 11.7 Å². The van der Waals surface area contributed by atoms with E-state index in [9.17, 15) is 9.90 Å². The summed E-state index contributed by atoms with van der Waals surface area (Å²) in [6, 6.07) is 23.2. The smallest absolute Gasteiger partial charge is 0.341 e. The van der Waals surface area contributed by atoms with Gasteiger partial charge in [-0.1, -0.05) is 71.4 Å². The Morgan fingerprint density at radius 2 is 1.74 bits per heavy atom. The number of hydrogen-bond acceptors (Lipinski definition) is 4. The molecule has 0 aliphatic carbocycles. The summed E-state index contributed by atoms with van der Waals surface area (Å²) < 4.78 is 15.1. The third-order valence-corrected chi connectivity index (χ3v) is 6.97. The molecule has 5 aromatic rings. The summed E-state index contributed by atoms with van der Waals surface area (Å²) in [5.41, 5.74) is 3.71. The summed E-state index contributed by atoms with van der Waals surface area (Å²) in [5.74, 6) is 0.948. The van der Waals surface area contributed by atoms with Crippen molar-refractivity contribution in [1.29, 1.82) is 0 Å². The first-order valence-electron chi connectivity index (χ1n) is 11.9. The number of para-hydroxylation sites is 1. The van der Waals surface area contributed by atoms with E-state index >= 15 is 0 Å². The Morgan fingerprint density at radius 3 is 2.50 bits per heavy atom. The molecule has 192 valence electrons. The molecular formula is C30H24Cl2N2O4. The van der Waals surface area contributed by atoms with Crippen molar-refractivity contribution >= 4 is 28.8 Å². The molecule has 8 heteroatoms. The summed E-state index contributed by atoms with van der Waals surface area (Å²) in [7, 11) is 1.57. The first-order valence-corrected chi connectivity index (χ1v) is 12.7. The zero-order valence-corrected chi connectivity index (χ0v) is 22.3. The van der Waals surface area contributed by atoms with E-state index in [0.29, 0.717) is 50.6 Å². The van der Waals surface area contributed by atoms with E-state index in [2.05, 4.69) is 0 Å². The molecule has 0 saturated carbocycles. The van der Waals surface area contributed by atoms with Crippen molar-refractivity contribution in [3.8, 4) is 28.5 Å². The van der Waals surface area contributed by atoms with Crippen LogP contribution in [0.4, 0.5) is 0 Å². The van der Waals surface area contributed by atoms with Gasteiger partial charge in [0.1, 0.15) is 18.8 Å². The molecule has 0 aliphatic rings. The van der Waals surface area contributed by atoms with Gasteiger partial charge in [-0.2, -0.15) is 8.97 Å². The summed E-state index contributed by atoms with van der Waals surface area (Å²) in [6.45, 7) is 2.29. The maximum absolute atomic E-state index is 13.6. The van der Waals surface area contributed by atoms with Crippen molar-refractivity contribution in [2.45, 2.75) is 20.1 Å². The highest BCUT2D eigenvalue weighted by Crippen LogP contribution is 2.31. The molecule has 6 nitrogen and oxygen atoms in total. The average Bonchev–Trinajstić information content (AvgIpc) is 2.92. The minimum atomic E-state index is -0.175. The van der Waals surface area contributed by atoms with Crippen LogP contribution >= 0.6 is 23.2 Å². The molecule has 0 saturated heterocycles. The highest BCUT2D eigenvalue weighted by molar-refractivity contribution is 6.35. The second-order valence-electron chi connectivity index (χ2n) is 8.80. The van der Waals surface area contributed by atoms with Gasteiger partial charge >= 0.3 is 5.56 Å². The number of methoxy groups -OCH3 is 1. The average molecular weight is 547 g/mol. The van der Waals surface area contributed by atoms with Gasteiger partial charge in [-0.05, 0) is 42.8 Å². The van der Waals surface area contributed by atoms with Gasteiger partial charge in [-0.15, -0.1) is 0 Å². The molecule has 0 unspecified atom stereocenters. The monoisotopic (exact) mass is 546 g/mol. The number of ether oxygens (including phenoxy) is 2. The lowest BCUT2D eigenvalue weighted by Crippen LogP contribution is -2.38. The van der Waals surface area contributed by atoms with Gasteiger partial charge in [0, 0.05) is 27.2 Å². The first-order chi connectivity index (χ1) is 18.4. The number of nitrogens with zero attached hydrogens (tertiary/aromatic N) is 2. The van der Waals surface area contributed by atoms with Crippen LogP contribution in [0.25, 0.3) is 16.9 Å². The fourth-order valence-electron chi connectivity index (χ4n) is 4.48. The van der Waals surface area contributed by atoms with Crippen LogP contribution in [-0.2, 0) is 13.2 Å². The van der Waals surface area contributed by atoms with E-state index in [1.807, 2.05) is 53.1 Å². The summed E-state index contributed by atoms with van der Waals surface area (Å²) in [4.78, 5) is 13.6. The number of halogens is 2. The number of benzene rings is 3. The first kappa shape index (κ1) is 25.6. The van der Waals surface area contributed by atoms with Crippen LogP contribution in [0, 0.1) is 6.92 Å². The molecule has 0 fully saturated rings.